The van der Waals surface area contributed by atoms with E-state index in [1.165, 1.54) is 13.1 Å². The van der Waals surface area contributed by atoms with Crippen LogP contribution in [0.2, 0.25) is 0 Å². The Hall–Kier alpha value is -1.21. The van der Waals surface area contributed by atoms with Gasteiger partial charge in [-0.25, -0.2) is 8.78 Å². The van der Waals surface area contributed by atoms with Gasteiger partial charge in [-0.3, -0.25) is 0 Å². The van der Waals surface area contributed by atoms with Crippen LogP contribution in [0.3, 0.4) is 0 Å². The maximum Gasteiger partial charge on any atom is 0.411 e. The molecule has 1 rings (SSSR count). The molecule has 1 unspecified atom stereocenters. The minimum atomic E-state index is -4.41. The number of benzene rings is 1. The SMILES string of the molecule is CNC(COCC(F)(F)F)c1ccc(F)c(F)c1. The normalized spacial score (nSPS) is 13.7. The highest BCUT2D eigenvalue weighted by molar-refractivity contribution is 5.21. The van der Waals surface area contributed by atoms with Crippen LogP contribution in [0, 0.1) is 11.6 Å². The predicted octanol–water partition coefficient (Wildman–Crippen LogP) is 2.80. The first kappa shape index (κ1) is 14.8. The third kappa shape index (κ3) is 4.58. The fourth-order valence-electron chi connectivity index (χ4n) is 1.37. The molecule has 102 valence electrons. The molecule has 0 spiro atoms. The number of nitrogens with one attached hydrogen (secondary N) is 1. The van der Waals surface area contributed by atoms with Gasteiger partial charge in [-0.1, -0.05) is 6.07 Å². The molecule has 0 amide bonds. The maximum absolute atomic E-state index is 13.0. The fourth-order valence-corrected chi connectivity index (χ4v) is 1.37. The van der Waals surface area contributed by atoms with Crippen LogP contribution in [-0.2, 0) is 4.74 Å². The summed E-state index contributed by atoms with van der Waals surface area (Å²) in [5, 5.41) is 2.67. The molecule has 0 heterocycles. The van der Waals surface area contributed by atoms with E-state index in [2.05, 4.69) is 10.1 Å². The van der Waals surface area contributed by atoms with Gasteiger partial charge in [0.15, 0.2) is 11.6 Å². The quantitative estimate of drug-likeness (QED) is 0.830. The summed E-state index contributed by atoms with van der Waals surface area (Å²) in [4.78, 5) is 0. The molecule has 0 fully saturated rings. The Balaban J connectivity index is 2.63. The molecule has 1 atom stereocenters. The number of rotatable bonds is 5. The number of hydrogen-bond donors (Lipinski definition) is 1. The van der Waals surface area contributed by atoms with Gasteiger partial charge in [0.25, 0.3) is 0 Å². The van der Waals surface area contributed by atoms with E-state index in [0.29, 0.717) is 5.56 Å². The minimum absolute atomic E-state index is 0.291. The van der Waals surface area contributed by atoms with E-state index in [4.69, 9.17) is 0 Å². The summed E-state index contributed by atoms with van der Waals surface area (Å²) in [6.07, 6.45) is -4.41. The molecule has 0 radical (unpaired) electrons. The van der Waals surface area contributed by atoms with Crippen LogP contribution in [0.4, 0.5) is 22.0 Å². The number of alkyl halides is 3. The van der Waals surface area contributed by atoms with Crippen LogP contribution in [0.1, 0.15) is 11.6 Å². The molecule has 0 aliphatic carbocycles. The van der Waals surface area contributed by atoms with Gasteiger partial charge >= 0.3 is 6.18 Å². The summed E-state index contributed by atoms with van der Waals surface area (Å²) in [7, 11) is 1.49. The van der Waals surface area contributed by atoms with Crippen LogP contribution in [0.25, 0.3) is 0 Å². The van der Waals surface area contributed by atoms with Crippen LogP contribution in [-0.4, -0.2) is 26.4 Å². The maximum atomic E-state index is 13.0. The van der Waals surface area contributed by atoms with E-state index in [9.17, 15) is 22.0 Å². The van der Waals surface area contributed by atoms with Gasteiger partial charge in [0.05, 0.1) is 12.6 Å². The monoisotopic (exact) mass is 269 g/mol. The second kappa shape index (κ2) is 6.10. The Morgan fingerprint density at radius 2 is 1.89 bits per heavy atom. The Labute approximate surface area is 101 Å². The smallest absolute Gasteiger partial charge is 0.370 e. The van der Waals surface area contributed by atoms with Crippen molar-refractivity contribution in [1.29, 1.82) is 0 Å². The summed E-state index contributed by atoms with van der Waals surface area (Å²) >= 11 is 0. The molecule has 1 N–H and O–H groups in total. The lowest BCUT2D eigenvalue weighted by atomic mass is 10.1. The number of halogens is 5. The van der Waals surface area contributed by atoms with Gasteiger partial charge in [-0.2, -0.15) is 13.2 Å². The third-order valence-electron chi connectivity index (χ3n) is 2.24. The molecule has 0 bridgehead atoms. The van der Waals surface area contributed by atoms with Crippen molar-refractivity contribution >= 4 is 0 Å². The molecule has 0 saturated carbocycles. The van der Waals surface area contributed by atoms with Crippen LogP contribution < -0.4 is 5.32 Å². The van der Waals surface area contributed by atoms with E-state index in [1.54, 1.807) is 0 Å². The lowest BCUT2D eigenvalue weighted by molar-refractivity contribution is -0.175. The Morgan fingerprint density at radius 3 is 2.39 bits per heavy atom. The molecule has 1 aromatic carbocycles. The van der Waals surface area contributed by atoms with Gasteiger partial charge < -0.3 is 10.1 Å². The molecule has 18 heavy (non-hydrogen) atoms. The lowest BCUT2D eigenvalue weighted by Crippen LogP contribution is -2.25. The van der Waals surface area contributed by atoms with E-state index in [0.717, 1.165) is 12.1 Å². The molecule has 2 nitrogen and oxygen atoms in total. The zero-order valence-electron chi connectivity index (χ0n) is 9.52. The van der Waals surface area contributed by atoms with Gasteiger partial charge in [-0.15, -0.1) is 0 Å². The zero-order valence-corrected chi connectivity index (χ0v) is 9.52. The van der Waals surface area contributed by atoms with Crippen molar-refractivity contribution in [2.24, 2.45) is 0 Å². The van der Waals surface area contributed by atoms with E-state index < -0.39 is 30.5 Å². The summed E-state index contributed by atoms with van der Waals surface area (Å²) in [5.74, 6) is -2.06. The number of ether oxygens (including phenoxy) is 1. The molecule has 0 aliphatic heterocycles. The highest BCUT2D eigenvalue weighted by Gasteiger charge is 2.28. The highest BCUT2D eigenvalue weighted by Crippen LogP contribution is 2.19. The highest BCUT2D eigenvalue weighted by atomic mass is 19.4. The summed E-state index contributed by atoms with van der Waals surface area (Å²) in [5.41, 5.74) is 0.318. The first-order valence-electron chi connectivity index (χ1n) is 5.10. The molecule has 7 heteroatoms. The van der Waals surface area contributed by atoms with Gasteiger partial charge in [-0.05, 0) is 24.7 Å². The Bertz CT molecular complexity index is 394. The second-order valence-electron chi connectivity index (χ2n) is 3.65. The first-order chi connectivity index (χ1) is 8.33. The van der Waals surface area contributed by atoms with Crippen LogP contribution in [0.15, 0.2) is 18.2 Å². The molecule has 1 aromatic rings. The zero-order chi connectivity index (χ0) is 13.8. The van der Waals surface area contributed by atoms with Crippen molar-refractivity contribution in [2.75, 3.05) is 20.3 Å². The third-order valence-corrected chi connectivity index (χ3v) is 2.24. The van der Waals surface area contributed by atoms with E-state index >= 15 is 0 Å². The van der Waals surface area contributed by atoms with Gasteiger partial charge in [0, 0.05) is 0 Å². The van der Waals surface area contributed by atoms with Crippen molar-refractivity contribution in [1.82, 2.24) is 5.32 Å². The lowest BCUT2D eigenvalue weighted by Gasteiger charge is -2.17. The summed E-state index contributed by atoms with van der Waals surface area (Å²) in [6.45, 7) is -1.67. The van der Waals surface area contributed by atoms with Crippen LogP contribution in [0.5, 0.6) is 0 Å². The molecule has 0 aromatic heterocycles. The topological polar surface area (TPSA) is 21.3 Å². The minimum Gasteiger partial charge on any atom is -0.370 e. The molecule has 0 aliphatic rings. The number of hydrogen-bond acceptors (Lipinski definition) is 2. The largest absolute Gasteiger partial charge is 0.411 e. The average molecular weight is 269 g/mol. The van der Waals surface area contributed by atoms with Gasteiger partial charge in [0.1, 0.15) is 6.61 Å². The molecular formula is C11H12F5NO. The van der Waals surface area contributed by atoms with Crippen molar-refractivity contribution in [3.8, 4) is 0 Å². The predicted molar refractivity (Wildman–Crippen MR) is 55.0 cm³/mol. The van der Waals surface area contributed by atoms with E-state index in [1.807, 2.05) is 0 Å². The standard InChI is InChI=1S/C11H12F5NO/c1-17-10(5-18-6-11(14,15)16)7-2-3-8(12)9(13)4-7/h2-4,10,17H,5-6H2,1H3. The summed E-state index contributed by atoms with van der Waals surface area (Å²) in [6, 6.07) is 2.49. The van der Waals surface area contributed by atoms with Crippen molar-refractivity contribution in [2.45, 2.75) is 12.2 Å². The summed E-state index contributed by atoms with van der Waals surface area (Å²) < 4.78 is 65.8. The second-order valence-corrected chi connectivity index (χ2v) is 3.65. The van der Waals surface area contributed by atoms with Crippen molar-refractivity contribution in [3.05, 3.63) is 35.4 Å². The average Bonchev–Trinajstić information content (AvgIpc) is 2.27. The Morgan fingerprint density at radius 1 is 1.22 bits per heavy atom. The number of likely N-dealkylation sites (N-methyl/N-ethyl adjacent to an activating group) is 1. The molecule has 0 saturated heterocycles. The van der Waals surface area contributed by atoms with Gasteiger partial charge in [0.2, 0.25) is 0 Å². The van der Waals surface area contributed by atoms with Crippen LogP contribution >= 0.6 is 0 Å². The Kier molecular flexibility index (Phi) is 5.03. The van der Waals surface area contributed by atoms with Crippen molar-refractivity contribution < 1.29 is 26.7 Å². The molecular weight excluding hydrogens is 257 g/mol. The van der Waals surface area contributed by atoms with Crippen molar-refractivity contribution in [3.63, 3.8) is 0 Å². The van der Waals surface area contributed by atoms with E-state index in [-0.39, 0.29) is 6.61 Å². The first-order valence-corrected chi connectivity index (χ1v) is 5.10. The fraction of sp³-hybridized carbons (Fsp3) is 0.455.